The van der Waals surface area contributed by atoms with Crippen molar-refractivity contribution in [3.8, 4) is 0 Å². The van der Waals surface area contributed by atoms with E-state index in [0.29, 0.717) is 12.5 Å². The van der Waals surface area contributed by atoms with Crippen molar-refractivity contribution in [2.45, 2.75) is 13.8 Å². The fourth-order valence-electron chi connectivity index (χ4n) is 0.824. The topological polar surface area (TPSA) is 54.9 Å². The van der Waals surface area contributed by atoms with E-state index in [1.165, 1.54) is 0 Å². The first-order valence-corrected chi connectivity index (χ1v) is 4.75. The molecule has 1 aromatic rings. The summed E-state index contributed by atoms with van der Waals surface area (Å²) < 4.78 is 0. The van der Waals surface area contributed by atoms with Crippen LogP contribution in [0.1, 0.15) is 24.3 Å². The molecule has 5 heteroatoms. The molecule has 0 aliphatic carbocycles. The second-order valence-electron chi connectivity index (χ2n) is 3.35. The third-order valence-corrected chi connectivity index (χ3v) is 1.74. The van der Waals surface area contributed by atoms with Crippen LogP contribution in [-0.2, 0) is 0 Å². The van der Waals surface area contributed by atoms with Crippen molar-refractivity contribution < 1.29 is 4.79 Å². The van der Waals surface area contributed by atoms with Gasteiger partial charge in [0.2, 0.25) is 0 Å². The summed E-state index contributed by atoms with van der Waals surface area (Å²) >= 11 is 5.54. The highest BCUT2D eigenvalue weighted by atomic mass is 35.5. The van der Waals surface area contributed by atoms with Crippen molar-refractivity contribution in [2.24, 2.45) is 5.92 Å². The lowest BCUT2D eigenvalue weighted by atomic mass is 10.2. The molecule has 0 unspecified atom stereocenters. The molecule has 0 aliphatic rings. The summed E-state index contributed by atoms with van der Waals surface area (Å²) in [4.78, 5) is 11.4. The third-order valence-electron chi connectivity index (χ3n) is 1.54. The maximum absolute atomic E-state index is 11.4. The van der Waals surface area contributed by atoms with Crippen LogP contribution in [0.3, 0.4) is 0 Å². The molecule has 1 N–H and O–H groups in total. The second kappa shape index (κ2) is 4.91. The Labute approximate surface area is 87.7 Å². The Morgan fingerprint density at radius 2 is 2.21 bits per heavy atom. The summed E-state index contributed by atoms with van der Waals surface area (Å²) in [7, 11) is 0. The molecule has 0 atom stereocenters. The van der Waals surface area contributed by atoms with Gasteiger partial charge in [-0.05, 0) is 18.1 Å². The van der Waals surface area contributed by atoms with Crippen LogP contribution in [0.15, 0.2) is 12.1 Å². The number of carbonyl (C=O) groups excluding carboxylic acids is 1. The molecule has 0 fully saturated rings. The van der Waals surface area contributed by atoms with Gasteiger partial charge in [-0.1, -0.05) is 25.4 Å². The molecule has 0 aliphatic heterocycles. The van der Waals surface area contributed by atoms with E-state index in [0.717, 1.165) is 0 Å². The van der Waals surface area contributed by atoms with Gasteiger partial charge in [0.25, 0.3) is 5.91 Å². The van der Waals surface area contributed by atoms with Crippen LogP contribution in [-0.4, -0.2) is 22.6 Å². The Morgan fingerprint density at radius 1 is 1.50 bits per heavy atom. The van der Waals surface area contributed by atoms with Crippen molar-refractivity contribution in [3.05, 3.63) is 23.0 Å². The monoisotopic (exact) mass is 213 g/mol. The van der Waals surface area contributed by atoms with Gasteiger partial charge in [-0.3, -0.25) is 4.79 Å². The van der Waals surface area contributed by atoms with Crippen molar-refractivity contribution in [2.75, 3.05) is 6.54 Å². The Hall–Kier alpha value is -1.16. The normalized spacial score (nSPS) is 10.3. The Morgan fingerprint density at radius 3 is 2.71 bits per heavy atom. The van der Waals surface area contributed by atoms with Crippen LogP contribution in [0.2, 0.25) is 5.15 Å². The molecule has 0 saturated heterocycles. The lowest BCUT2D eigenvalue weighted by Gasteiger charge is -2.06. The summed E-state index contributed by atoms with van der Waals surface area (Å²) in [6, 6.07) is 3.09. The van der Waals surface area contributed by atoms with Crippen molar-refractivity contribution in [1.29, 1.82) is 0 Å². The van der Waals surface area contributed by atoms with Crippen LogP contribution in [0.25, 0.3) is 0 Å². The Bertz CT molecular complexity index is 310. The van der Waals surface area contributed by atoms with Crippen LogP contribution in [0, 0.1) is 5.92 Å². The molecule has 0 spiro atoms. The molecule has 4 nitrogen and oxygen atoms in total. The fourth-order valence-corrected chi connectivity index (χ4v) is 0.925. The maximum Gasteiger partial charge on any atom is 0.271 e. The zero-order chi connectivity index (χ0) is 10.6. The molecule has 1 aromatic heterocycles. The molecule has 1 amide bonds. The lowest BCUT2D eigenvalue weighted by molar-refractivity contribution is 0.0943. The highest BCUT2D eigenvalue weighted by Gasteiger charge is 2.07. The summed E-state index contributed by atoms with van der Waals surface area (Å²) in [6.45, 7) is 4.67. The van der Waals surface area contributed by atoms with Crippen molar-refractivity contribution in [1.82, 2.24) is 15.5 Å². The van der Waals surface area contributed by atoms with Crippen molar-refractivity contribution >= 4 is 17.5 Å². The first kappa shape index (κ1) is 10.9. The number of nitrogens with one attached hydrogen (secondary N) is 1. The minimum Gasteiger partial charge on any atom is -0.350 e. The number of amides is 1. The predicted molar refractivity (Wildman–Crippen MR) is 54.2 cm³/mol. The molecular formula is C9H12ClN3O. The molecule has 1 rings (SSSR count). The maximum atomic E-state index is 11.4. The number of hydrogen-bond donors (Lipinski definition) is 1. The van der Waals surface area contributed by atoms with E-state index in [4.69, 9.17) is 11.6 Å². The highest BCUT2D eigenvalue weighted by Crippen LogP contribution is 2.02. The van der Waals surface area contributed by atoms with E-state index in [1.54, 1.807) is 12.1 Å². The minimum atomic E-state index is -0.220. The summed E-state index contributed by atoms with van der Waals surface area (Å²) in [6.07, 6.45) is 0. The summed E-state index contributed by atoms with van der Waals surface area (Å²) in [5.41, 5.74) is 0.287. The van der Waals surface area contributed by atoms with Crippen LogP contribution in [0.4, 0.5) is 0 Å². The number of nitrogens with zero attached hydrogens (tertiary/aromatic N) is 2. The lowest BCUT2D eigenvalue weighted by Crippen LogP contribution is -2.28. The summed E-state index contributed by atoms with van der Waals surface area (Å²) in [5, 5.41) is 10.3. The molecule has 0 bridgehead atoms. The van der Waals surface area contributed by atoms with Gasteiger partial charge in [-0.15, -0.1) is 10.2 Å². The van der Waals surface area contributed by atoms with E-state index in [2.05, 4.69) is 15.5 Å². The predicted octanol–water partition coefficient (Wildman–Crippen LogP) is 1.52. The van der Waals surface area contributed by atoms with Gasteiger partial charge in [0.1, 0.15) is 0 Å². The van der Waals surface area contributed by atoms with E-state index in [9.17, 15) is 4.79 Å². The fraction of sp³-hybridized carbons (Fsp3) is 0.444. The SMILES string of the molecule is CC(C)CNC(=O)c1ccc(Cl)nn1. The quantitative estimate of drug-likeness (QED) is 0.828. The molecule has 0 aromatic carbocycles. The largest absolute Gasteiger partial charge is 0.350 e. The number of hydrogen-bond acceptors (Lipinski definition) is 3. The van der Waals surface area contributed by atoms with Gasteiger partial charge in [0.15, 0.2) is 10.8 Å². The number of halogens is 1. The zero-order valence-corrected chi connectivity index (χ0v) is 8.88. The number of rotatable bonds is 3. The third kappa shape index (κ3) is 3.30. The molecule has 0 radical (unpaired) electrons. The number of aromatic nitrogens is 2. The van der Waals surface area contributed by atoms with Gasteiger partial charge in [-0.2, -0.15) is 0 Å². The smallest absolute Gasteiger partial charge is 0.271 e. The Kier molecular flexibility index (Phi) is 3.83. The van der Waals surface area contributed by atoms with Crippen LogP contribution >= 0.6 is 11.6 Å². The Balaban J connectivity index is 2.57. The molecule has 1 heterocycles. The van der Waals surface area contributed by atoms with Gasteiger partial charge in [0.05, 0.1) is 0 Å². The summed E-state index contributed by atoms with van der Waals surface area (Å²) in [5.74, 6) is 0.196. The minimum absolute atomic E-state index is 0.220. The van der Waals surface area contributed by atoms with E-state index >= 15 is 0 Å². The average Bonchev–Trinajstić information content (AvgIpc) is 2.15. The van der Waals surface area contributed by atoms with Crippen LogP contribution in [0.5, 0.6) is 0 Å². The molecule has 76 valence electrons. The highest BCUT2D eigenvalue weighted by molar-refractivity contribution is 6.29. The first-order chi connectivity index (χ1) is 6.59. The molecular weight excluding hydrogens is 202 g/mol. The second-order valence-corrected chi connectivity index (χ2v) is 3.73. The molecule has 14 heavy (non-hydrogen) atoms. The average molecular weight is 214 g/mol. The van der Waals surface area contributed by atoms with Gasteiger partial charge in [0, 0.05) is 6.54 Å². The first-order valence-electron chi connectivity index (χ1n) is 4.37. The molecule has 0 saturated carbocycles. The van der Waals surface area contributed by atoms with Gasteiger partial charge < -0.3 is 5.32 Å². The van der Waals surface area contributed by atoms with E-state index < -0.39 is 0 Å². The van der Waals surface area contributed by atoms with E-state index in [-0.39, 0.29) is 16.8 Å². The van der Waals surface area contributed by atoms with Gasteiger partial charge in [-0.25, -0.2) is 0 Å². The van der Waals surface area contributed by atoms with Gasteiger partial charge >= 0.3 is 0 Å². The van der Waals surface area contributed by atoms with Crippen LogP contribution < -0.4 is 5.32 Å². The van der Waals surface area contributed by atoms with E-state index in [1.807, 2.05) is 13.8 Å². The van der Waals surface area contributed by atoms with Crippen molar-refractivity contribution in [3.63, 3.8) is 0 Å². The standard InChI is InChI=1S/C9H12ClN3O/c1-6(2)5-11-9(14)7-3-4-8(10)13-12-7/h3-4,6H,5H2,1-2H3,(H,11,14). The number of carbonyl (C=O) groups is 1. The zero-order valence-electron chi connectivity index (χ0n) is 8.12.